The van der Waals surface area contributed by atoms with E-state index in [1.807, 2.05) is 43.3 Å². The van der Waals surface area contributed by atoms with E-state index in [9.17, 15) is 0 Å². The summed E-state index contributed by atoms with van der Waals surface area (Å²) in [7, 11) is 0. The summed E-state index contributed by atoms with van der Waals surface area (Å²) in [6, 6.07) is 5.81. The predicted molar refractivity (Wildman–Crippen MR) is 58.7 cm³/mol. The summed E-state index contributed by atoms with van der Waals surface area (Å²) in [6.07, 6.45) is 2.00. The van der Waals surface area contributed by atoms with E-state index in [0.29, 0.717) is 0 Å². The van der Waals surface area contributed by atoms with Crippen LogP contribution >= 0.6 is 11.6 Å². The molecule has 1 aliphatic rings. The van der Waals surface area contributed by atoms with E-state index in [0.717, 1.165) is 22.0 Å². The Bertz CT molecular complexity index is 387. The average Bonchev–Trinajstić information content (AvgIpc) is 2.51. The van der Waals surface area contributed by atoms with E-state index in [2.05, 4.69) is 11.0 Å². The van der Waals surface area contributed by atoms with Gasteiger partial charge < -0.3 is 5.43 Å². The lowest BCUT2D eigenvalue weighted by atomic mass is 10.2. The lowest BCUT2D eigenvalue weighted by Crippen LogP contribution is -2.36. The standard InChI is InChI=1S/C10H12ClN3/c1-7-5-9(11)3-4-10(7)14-6-8(2)12-13-14/h3-6,12-13H,1-2H3. The van der Waals surface area contributed by atoms with Gasteiger partial charge in [-0.05, 0) is 37.6 Å². The first-order chi connectivity index (χ1) is 6.66. The number of hydrogen-bond acceptors (Lipinski definition) is 3. The Labute approximate surface area is 88.3 Å². The molecule has 0 bridgehead atoms. The summed E-state index contributed by atoms with van der Waals surface area (Å²) in [5.41, 5.74) is 9.36. The van der Waals surface area contributed by atoms with Gasteiger partial charge in [-0.25, -0.2) is 0 Å². The summed E-state index contributed by atoms with van der Waals surface area (Å²) in [6.45, 7) is 4.03. The predicted octanol–water partition coefficient (Wildman–Crippen LogP) is 2.34. The van der Waals surface area contributed by atoms with Gasteiger partial charge in [-0.2, -0.15) is 0 Å². The first-order valence-corrected chi connectivity index (χ1v) is 4.80. The molecule has 0 fully saturated rings. The largest absolute Gasteiger partial charge is 0.306 e. The van der Waals surface area contributed by atoms with Gasteiger partial charge >= 0.3 is 0 Å². The maximum atomic E-state index is 5.88. The molecule has 0 saturated carbocycles. The normalized spacial score (nSPS) is 15.4. The molecule has 0 amide bonds. The Kier molecular flexibility index (Phi) is 2.35. The third-order valence-electron chi connectivity index (χ3n) is 2.11. The fourth-order valence-electron chi connectivity index (χ4n) is 1.43. The van der Waals surface area contributed by atoms with Crippen LogP contribution in [0.5, 0.6) is 0 Å². The third kappa shape index (κ3) is 1.69. The number of benzene rings is 1. The van der Waals surface area contributed by atoms with Crippen molar-refractivity contribution >= 4 is 17.3 Å². The molecule has 4 heteroatoms. The van der Waals surface area contributed by atoms with Gasteiger partial charge in [0.05, 0.1) is 5.69 Å². The van der Waals surface area contributed by atoms with Crippen LogP contribution in [0.15, 0.2) is 30.1 Å². The molecule has 0 unspecified atom stereocenters. The average molecular weight is 210 g/mol. The number of allylic oxidation sites excluding steroid dienone is 1. The minimum atomic E-state index is 0.763. The highest BCUT2D eigenvalue weighted by molar-refractivity contribution is 6.30. The molecular formula is C10H12ClN3. The van der Waals surface area contributed by atoms with Gasteiger partial charge in [0.15, 0.2) is 0 Å². The van der Waals surface area contributed by atoms with Crippen molar-refractivity contribution in [3.05, 3.63) is 40.7 Å². The Morgan fingerprint density at radius 3 is 2.64 bits per heavy atom. The highest BCUT2D eigenvalue weighted by Gasteiger charge is 2.11. The first-order valence-electron chi connectivity index (χ1n) is 4.42. The maximum Gasteiger partial charge on any atom is 0.0619 e. The number of hydrazine groups is 2. The molecule has 0 saturated heterocycles. The van der Waals surface area contributed by atoms with E-state index in [1.165, 1.54) is 0 Å². The van der Waals surface area contributed by atoms with Crippen LogP contribution in [0.2, 0.25) is 5.02 Å². The zero-order valence-corrected chi connectivity index (χ0v) is 8.89. The third-order valence-corrected chi connectivity index (χ3v) is 2.35. The van der Waals surface area contributed by atoms with Crippen LogP contribution in [-0.2, 0) is 0 Å². The molecule has 0 atom stereocenters. The van der Waals surface area contributed by atoms with E-state index in [-0.39, 0.29) is 0 Å². The summed E-state index contributed by atoms with van der Waals surface area (Å²) in [5, 5.41) is 2.69. The van der Waals surface area contributed by atoms with Crippen molar-refractivity contribution in [1.29, 1.82) is 0 Å². The Hall–Kier alpha value is -1.19. The topological polar surface area (TPSA) is 27.3 Å². The molecule has 1 aromatic carbocycles. The fraction of sp³-hybridized carbons (Fsp3) is 0.200. The molecule has 14 heavy (non-hydrogen) atoms. The SMILES string of the molecule is CC1=CN(c2ccc(Cl)cc2C)NN1. The van der Waals surface area contributed by atoms with E-state index in [1.54, 1.807) is 0 Å². The van der Waals surface area contributed by atoms with Gasteiger partial charge in [-0.3, -0.25) is 5.01 Å². The van der Waals surface area contributed by atoms with Gasteiger partial charge in [0.25, 0.3) is 0 Å². The van der Waals surface area contributed by atoms with Crippen molar-refractivity contribution in [1.82, 2.24) is 11.0 Å². The van der Waals surface area contributed by atoms with Gasteiger partial charge in [-0.1, -0.05) is 11.6 Å². The fourth-order valence-corrected chi connectivity index (χ4v) is 1.65. The zero-order chi connectivity index (χ0) is 10.1. The van der Waals surface area contributed by atoms with Crippen molar-refractivity contribution in [3.8, 4) is 0 Å². The molecule has 3 nitrogen and oxygen atoms in total. The quantitative estimate of drug-likeness (QED) is 0.744. The zero-order valence-electron chi connectivity index (χ0n) is 8.13. The lowest BCUT2D eigenvalue weighted by molar-refractivity contribution is 0.659. The molecule has 74 valence electrons. The minimum absolute atomic E-state index is 0.763. The summed E-state index contributed by atoms with van der Waals surface area (Å²) < 4.78 is 0. The Morgan fingerprint density at radius 1 is 1.29 bits per heavy atom. The van der Waals surface area contributed by atoms with Crippen molar-refractivity contribution in [2.45, 2.75) is 13.8 Å². The number of rotatable bonds is 1. The molecule has 0 aliphatic carbocycles. The van der Waals surface area contributed by atoms with Crippen LogP contribution in [0.1, 0.15) is 12.5 Å². The van der Waals surface area contributed by atoms with Crippen LogP contribution in [0.3, 0.4) is 0 Å². The lowest BCUT2D eigenvalue weighted by Gasteiger charge is -2.17. The maximum absolute atomic E-state index is 5.88. The molecule has 1 aromatic rings. The van der Waals surface area contributed by atoms with E-state index in [4.69, 9.17) is 11.6 Å². The van der Waals surface area contributed by atoms with Crippen LogP contribution in [-0.4, -0.2) is 0 Å². The highest BCUT2D eigenvalue weighted by Crippen LogP contribution is 2.23. The van der Waals surface area contributed by atoms with Crippen molar-refractivity contribution in [2.75, 3.05) is 5.01 Å². The van der Waals surface area contributed by atoms with Crippen LogP contribution in [0.25, 0.3) is 0 Å². The number of aryl methyl sites for hydroxylation is 1. The van der Waals surface area contributed by atoms with Crippen molar-refractivity contribution < 1.29 is 0 Å². The smallest absolute Gasteiger partial charge is 0.0619 e. The highest BCUT2D eigenvalue weighted by atomic mass is 35.5. The molecule has 0 radical (unpaired) electrons. The van der Waals surface area contributed by atoms with E-state index < -0.39 is 0 Å². The number of anilines is 1. The second-order valence-corrected chi connectivity index (χ2v) is 3.79. The molecule has 2 rings (SSSR count). The summed E-state index contributed by atoms with van der Waals surface area (Å²) >= 11 is 5.88. The molecule has 1 aliphatic heterocycles. The van der Waals surface area contributed by atoms with Gasteiger partial charge in [-0.15, -0.1) is 5.53 Å². The Balaban J connectivity index is 2.33. The second kappa shape index (κ2) is 3.52. The van der Waals surface area contributed by atoms with Crippen molar-refractivity contribution in [3.63, 3.8) is 0 Å². The van der Waals surface area contributed by atoms with Crippen LogP contribution < -0.4 is 16.0 Å². The monoisotopic (exact) mass is 209 g/mol. The van der Waals surface area contributed by atoms with Crippen LogP contribution in [0, 0.1) is 6.92 Å². The Morgan fingerprint density at radius 2 is 2.07 bits per heavy atom. The number of nitrogens with one attached hydrogen (secondary N) is 2. The summed E-state index contributed by atoms with van der Waals surface area (Å²) in [4.78, 5) is 0. The van der Waals surface area contributed by atoms with Crippen molar-refractivity contribution in [2.24, 2.45) is 0 Å². The minimum Gasteiger partial charge on any atom is -0.306 e. The number of halogens is 1. The second-order valence-electron chi connectivity index (χ2n) is 3.35. The molecule has 2 N–H and O–H groups in total. The molecular weight excluding hydrogens is 198 g/mol. The molecule has 0 spiro atoms. The van der Waals surface area contributed by atoms with Crippen LogP contribution in [0.4, 0.5) is 5.69 Å². The van der Waals surface area contributed by atoms with Gasteiger partial charge in [0.1, 0.15) is 0 Å². The number of nitrogens with zero attached hydrogens (tertiary/aromatic N) is 1. The van der Waals surface area contributed by atoms with Gasteiger partial charge in [0.2, 0.25) is 0 Å². The summed E-state index contributed by atoms with van der Waals surface area (Å²) in [5.74, 6) is 0. The number of hydrogen-bond donors (Lipinski definition) is 2. The first kappa shape index (κ1) is 9.37. The van der Waals surface area contributed by atoms with E-state index >= 15 is 0 Å². The molecule has 0 aromatic heterocycles. The van der Waals surface area contributed by atoms with Gasteiger partial charge in [0, 0.05) is 16.9 Å². The molecule has 1 heterocycles.